The number of carbonyl (C=O) groups is 4. The van der Waals surface area contributed by atoms with Gasteiger partial charge in [-0.15, -0.1) is 0 Å². The summed E-state index contributed by atoms with van der Waals surface area (Å²) in [5, 5.41) is 10.7. The summed E-state index contributed by atoms with van der Waals surface area (Å²) in [7, 11) is -9.94. The highest BCUT2D eigenvalue weighted by molar-refractivity contribution is 7.47. The molecule has 6 atom stereocenters. The van der Waals surface area contributed by atoms with E-state index in [1.807, 2.05) is 0 Å². The van der Waals surface area contributed by atoms with Gasteiger partial charge in [-0.3, -0.25) is 37.3 Å². The third kappa shape index (κ3) is 78.2. The first-order valence-electron chi connectivity index (χ1n) is 44.3. The van der Waals surface area contributed by atoms with Gasteiger partial charge in [0.1, 0.15) is 19.3 Å². The van der Waals surface area contributed by atoms with Crippen molar-refractivity contribution >= 4 is 39.5 Å². The Morgan fingerprint density at radius 2 is 0.557 bits per heavy atom. The largest absolute Gasteiger partial charge is 0.472 e. The summed E-state index contributed by atoms with van der Waals surface area (Å²) < 4.78 is 68.8. The summed E-state index contributed by atoms with van der Waals surface area (Å²) in [5.74, 6) is -0.590. The van der Waals surface area contributed by atoms with Gasteiger partial charge in [-0.1, -0.05) is 387 Å². The van der Waals surface area contributed by atoms with Gasteiger partial charge in [-0.2, -0.15) is 0 Å². The van der Waals surface area contributed by atoms with Crippen molar-refractivity contribution in [3.63, 3.8) is 0 Å². The standard InChI is InChI=1S/C87H166O17P2/c1-7-10-12-14-16-18-20-22-24-25-26-27-31-35-38-42-46-50-57-63-69-84(89)97-75-82(103-86(91)71-66-60-52-48-44-40-36-32-29-28-30-34-37-41-45-49-56-62-68-80(6)9-3)77-101-105(93,94)99-73-81(88)74-100-106(95,96)102-78-83(76-98-85(90)70-64-58-54-53-55-61-67-79(4)5)104-87(92)72-65-59-51-47-43-39-33-23-21-19-17-15-13-11-8-2/h19,21,23,33,79-83,88H,7-18,20,22,24-32,34-78H2,1-6H3,(H,93,94)(H,95,96)/b21-19-,33-23-/t80?,81-,82-,83-/m1/s1. The minimum Gasteiger partial charge on any atom is -0.462 e. The SMILES string of the molecule is CCCCCC/C=C\C=C/CCCCCCCC(=O)O[C@H](COC(=O)CCCCCCCCC(C)C)COP(=O)(O)OC[C@H](O)COP(=O)(O)OC[C@@H](COC(=O)CCCCCCCCCCCCCCCCCCCCCC)OC(=O)CCCCCCCCCCCCCCCCCCCCC(C)CC. The number of phosphoric ester groups is 2. The summed E-state index contributed by atoms with van der Waals surface area (Å²) in [6.07, 6.45) is 73.3. The van der Waals surface area contributed by atoms with Crippen LogP contribution < -0.4 is 0 Å². The molecule has 0 aliphatic heterocycles. The highest BCUT2D eigenvalue weighted by atomic mass is 31.2. The van der Waals surface area contributed by atoms with Crippen LogP contribution in [-0.2, 0) is 65.4 Å². The van der Waals surface area contributed by atoms with Crippen molar-refractivity contribution in [3.05, 3.63) is 24.3 Å². The lowest BCUT2D eigenvalue weighted by Gasteiger charge is -2.21. The lowest BCUT2D eigenvalue weighted by atomic mass is 9.99. The number of aliphatic hydroxyl groups is 1. The highest BCUT2D eigenvalue weighted by Crippen LogP contribution is 2.45. The van der Waals surface area contributed by atoms with Gasteiger partial charge in [-0.25, -0.2) is 9.13 Å². The van der Waals surface area contributed by atoms with Crippen LogP contribution >= 0.6 is 15.6 Å². The maximum Gasteiger partial charge on any atom is 0.472 e. The van der Waals surface area contributed by atoms with E-state index in [4.69, 9.17) is 37.0 Å². The van der Waals surface area contributed by atoms with Crippen molar-refractivity contribution < 1.29 is 80.2 Å². The number of esters is 4. The Labute approximate surface area is 650 Å². The second-order valence-electron chi connectivity index (χ2n) is 31.3. The molecule has 0 bridgehead atoms. The average molecular weight is 1550 g/mol. The molecule has 0 radical (unpaired) electrons. The first-order valence-corrected chi connectivity index (χ1v) is 47.3. The maximum absolute atomic E-state index is 13.1. The molecule has 0 heterocycles. The monoisotopic (exact) mass is 1550 g/mol. The molecular weight excluding hydrogens is 1380 g/mol. The van der Waals surface area contributed by atoms with E-state index in [2.05, 4.69) is 65.8 Å². The summed E-state index contributed by atoms with van der Waals surface area (Å²) in [4.78, 5) is 73.1. The molecule has 0 spiro atoms. The van der Waals surface area contributed by atoms with Gasteiger partial charge in [0.2, 0.25) is 0 Å². The predicted octanol–water partition coefficient (Wildman–Crippen LogP) is 26.2. The van der Waals surface area contributed by atoms with Gasteiger partial charge in [0.25, 0.3) is 0 Å². The van der Waals surface area contributed by atoms with Crippen molar-refractivity contribution in [2.24, 2.45) is 11.8 Å². The molecule has 0 aliphatic carbocycles. The minimum absolute atomic E-state index is 0.0843. The van der Waals surface area contributed by atoms with E-state index in [-0.39, 0.29) is 25.7 Å². The van der Waals surface area contributed by atoms with E-state index >= 15 is 0 Å². The zero-order valence-corrected chi connectivity index (χ0v) is 71.0. The molecule has 0 aromatic heterocycles. The average Bonchev–Trinajstić information content (AvgIpc) is 0.905. The van der Waals surface area contributed by atoms with Gasteiger partial charge >= 0.3 is 39.5 Å². The van der Waals surface area contributed by atoms with Crippen molar-refractivity contribution in [2.75, 3.05) is 39.6 Å². The second kappa shape index (κ2) is 77.8. The number of aliphatic hydroxyl groups excluding tert-OH is 1. The number of rotatable bonds is 84. The molecule has 19 heteroatoms. The summed E-state index contributed by atoms with van der Waals surface area (Å²) in [6, 6.07) is 0. The zero-order valence-electron chi connectivity index (χ0n) is 69.2. The van der Waals surface area contributed by atoms with Crippen LogP contribution in [0.25, 0.3) is 0 Å². The van der Waals surface area contributed by atoms with Crippen LogP contribution in [0.3, 0.4) is 0 Å². The Bertz CT molecular complexity index is 2130. The van der Waals surface area contributed by atoms with Crippen molar-refractivity contribution in [1.82, 2.24) is 0 Å². The third-order valence-electron chi connectivity index (χ3n) is 20.2. The van der Waals surface area contributed by atoms with E-state index < -0.39 is 97.5 Å². The fourth-order valence-electron chi connectivity index (χ4n) is 13.0. The molecule has 626 valence electrons. The molecule has 0 fully saturated rings. The predicted molar refractivity (Wildman–Crippen MR) is 437 cm³/mol. The first-order chi connectivity index (χ1) is 51.4. The Kier molecular flexibility index (Phi) is 76.0. The molecule has 0 rings (SSSR count). The molecule has 0 aromatic carbocycles. The summed E-state index contributed by atoms with van der Waals surface area (Å²) >= 11 is 0. The molecule has 0 aliphatic rings. The van der Waals surface area contributed by atoms with Crippen molar-refractivity contribution in [2.45, 2.75) is 458 Å². The molecule has 0 saturated heterocycles. The number of ether oxygens (including phenoxy) is 4. The van der Waals surface area contributed by atoms with Crippen LogP contribution in [0.1, 0.15) is 440 Å². The van der Waals surface area contributed by atoms with E-state index in [1.165, 1.54) is 238 Å². The van der Waals surface area contributed by atoms with Crippen LogP contribution in [0.2, 0.25) is 0 Å². The van der Waals surface area contributed by atoms with Gasteiger partial charge in [0.05, 0.1) is 26.4 Å². The number of hydrogen-bond acceptors (Lipinski definition) is 15. The smallest absolute Gasteiger partial charge is 0.462 e. The van der Waals surface area contributed by atoms with Crippen LogP contribution in [-0.4, -0.2) is 96.7 Å². The van der Waals surface area contributed by atoms with Gasteiger partial charge < -0.3 is 33.8 Å². The van der Waals surface area contributed by atoms with Crippen LogP contribution in [0, 0.1) is 11.8 Å². The number of allylic oxidation sites excluding steroid dienone is 4. The van der Waals surface area contributed by atoms with Crippen LogP contribution in [0.15, 0.2) is 24.3 Å². The molecule has 3 N–H and O–H groups in total. The Hall–Kier alpha value is -2.46. The lowest BCUT2D eigenvalue weighted by Crippen LogP contribution is -2.30. The molecule has 0 saturated carbocycles. The number of phosphoric acid groups is 2. The number of unbranched alkanes of at least 4 members (excludes halogenated alkanes) is 50. The lowest BCUT2D eigenvalue weighted by molar-refractivity contribution is -0.161. The Balaban J connectivity index is 5.23. The van der Waals surface area contributed by atoms with E-state index in [1.54, 1.807) is 0 Å². The van der Waals surface area contributed by atoms with Crippen molar-refractivity contribution in [1.29, 1.82) is 0 Å². The first kappa shape index (κ1) is 104. The van der Waals surface area contributed by atoms with Gasteiger partial charge in [0, 0.05) is 25.7 Å². The van der Waals surface area contributed by atoms with Crippen LogP contribution in [0.4, 0.5) is 0 Å². The molecule has 106 heavy (non-hydrogen) atoms. The molecular formula is C87H166O17P2. The fourth-order valence-corrected chi connectivity index (χ4v) is 14.6. The molecule has 3 unspecified atom stereocenters. The van der Waals surface area contributed by atoms with Gasteiger partial charge in [0.15, 0.2) is 12.2 Å². The van der Waals surface area contributed by atoms with Crippen molar-refractivity contribution in [3.8, 4) is 0 Å². The fraction of sp³-hybridized carbons (Fsp3) is 0.908. The molecule has 0 aromatic rings. The van der Waals surface area contributed by atoms with E-state index in [0.717, 1.165) is 115 Å². The second-order valence-corrected chi connectivity index (χ2v) is 34.2. The highest BCUT2D eigenvalue weighted by Gasteiger charge is 2.30. The number of carbonyl (C=O) groups excluding carboxylic acids is 4. The zero-order chi connectivity index (χ0) is 77.8. The normalized spacial score (nSPS) is 14.2. The third-order valence-corrected chi connectivity index (χ3v) is 22.1. The topological polar surface area (TPSA) is 237 Å². The Morgan fingerprint density at radius 3 is 0.849 bits per heavy atom. The quantitative estimate of drug-likeness (QED) is 0.0169. The van der Waals surface area contributed by atoms with E-state index in [9.17, 15) is 43.2 Å². The molecule has 17 nitrogen and oxygen atoms in total. The Morgan fingerprint density at radius 1 is 0.311 bits per heavy atom. The number of hydrogen-bond donors (Lipinski definition) is 3. The maximum atomic E-state index is 13.1. The minimum atomic E-state index is -4.97. The van der Waals surface area contributed by atoms with E-state index in [0.29, 0.717) is 31.6 Å². The van der Waals surface area contributed by atoms with Gasteiger partial charge in [-0.05, 0) is 63.2 Å². The van der Waals surface area contributed by atoms with Crippen LogP contribution in [0.5, 0.6) is 0 Å². The summed E-state index contributed by atoms with van der Waals surface area (Å²) in [5.41, 5.74) is 0. The molecule has 0 amide bonds. The summed E-state index contributed by atoms with van der Waals surface area (Å²) in [6.45, 7) is 9.58.